The highest BCUT2D eigenvalue weighted by molar-refractivity contribution is 7.98. The average Bonchev–Trinajstić information content (AvgIpc) is 2.78. The maximum absolute atomic E-state index is 4.78. The second-order valence-corrected chi connectivity index (χ2v) is 6.59. The number of nitrogens with one attached hydrogen (secondary N) is 1. The summed E-state index contributed by atoms with van der Waals surface area (Å²) in [6.45, 7) is 6.54. The fourth-order valence-electron chi connectivity index (χ4n) is 3.02. The second-order valence-electron chi connectivity index (χ2n) is 5.61. The largest absolute Gasteiger partial charge is 0.357 e. The zero-order valence-electron chi connectivity index (χ0n) is 11.9. The quantitative estimate of drug-likeness (QED) is 0.472. The van der Waals surface area contributed by atoms with E-state index in [1.807, 2.05) is 11.8 Å². The van der Waals surface area contributed by atoms with Crippen molar-refractivity contribution in [1.82, 2.24) is 10.2 Å². The van der Waals surface area contributed by atoms with Gasteiger partial charge in [0, 0.05) is 26.2 Å². The third kappa shape index (κ3) is 3.34. The van der Waals surface area contributed by atoms with Gasteiger partial charge in [0.2, 0.25) is 0 Å². The van der Waals surface area contributed by atoms with Gasteiger partial charge in [0.25, 0.3) is 0 Å². The number of rotatable bonds is 5. The Kier molecular flexibility index (Phi) is 5.22. The van der Waals surface area contributed by atoms with Crippen molar-refractivity contribution in [3.8, 4) is 0 Å². The summed E-state index contributed by atoms with van der Waals surface area (Å²) in [5, 5.41) is 3.46. The van der Waals surface area contributed by atoms with Crippen LogP contribution in [-0.4, -0.2) is 49.0 Å². The van der Waals surface area contributed by atoms with Crippen LogP contribution in [0, 0.1) is 5.41 Å². The van der Waals surface area contributed by atoms with Gasteiger partial charge >= 0.3 is 0 Å². The molecule has 0 atom stereocenters. The maximum Gasteiger partial charge on any atom is 0.193 e. The molecule has 18 heavy (non-hydrogen) atoms. The van der Waals surface area contributed by atoms with Gasteiger partial charge in [-0.3, -0.25) is 4.99 Å². The van der Waals surface area contributed by atoms with Crippen LogP contribution in [0.4, 0.5) is 0 Å². The topological polar surface area (TPSA) is 27.6 Å². The van der Waals surface area contributed by atoms with Gasteiger partial charge in [-0.25, -0.2) is 0 Å². The Labute approximate surface area is 116 Å². The van der Waals surface area contributed by atoms with Crippen LogP contribution in [0.3, 0.4) is 0 Å². The molecule has 1 saturated carbocycles. The minimum Gasteiger partial charge on any atom is -0.357 e. The van der Waals surface area contributed by atoms with Crippen molar-refractivity contribution in [1.29, 1.82) is 0 Å². The van der Waals surface area contributed by atoms with Crippen LogP contribution in [0.2, 0.25) is 0 Å². The summed E-state index contributed by atoms with van der Waals surface area (Å²) in [4.78, 5) is 7.26. The molecule has 2 rings (SSSR count). The smallest absolute Gasteiger partial charge is 0.193 e. The second kappa shape index (κ2) is 6.69. The van der Waals surface area contributed by atoms with E-state index >= 15 is 0 Å². The zero-order valence-corrected chi connectivity index (χ0v) is 12.7. The number of nitrogens with zero attached hydrogens (tertiary/aromatic N) is 2. The SMILES string of the molecule is CCNC(=NCCCSC)N1CCC2(CCC2)C1. The number of guanidine groups is 1. The molecule has 1 aliphatic carbocycles. The van der Waals surface area contributed by atoms with Gasteiger partial charge in [0.15, 0.2) is 5.96 Å². The van der Waals surface area contributed by atoms with E-state index in [2.05, 4.69) is 23.4 Å². The van der Waals surface area contributed by atoms with Crippen molar-refractivity contribution in [3.05, 3.63) is 0 Å². The molecule has 1 N–H and O–H groups in total. The lowest BCUT2D eigenvalue weighted by atomic mass is 9.68. The molecule has 0 radical (unpaired) electrons. The van der Waals surface area contributed by atoms with Gasteiger partial charge in [-0.15, -0.1) is 0 Å². The lowest BCUT2D eigenvalue weighted by Crippen LogP contribution is -2.42. The predicted octanol–water partition coefficient (Wildman–Crippen LogP) is 2.58. The van der Waals surface area contributed by atoms with Gasteiger partial charge in [-0.1, -0.05) is 6.42 Å². The lowest BCUT2D eigenvalue weighted by molar-refractivity contribution is 0.151. The highest BCUT2D eigenvalue weighted by Crippen LogP contribution is 2.47. The van der Waals surface area contributed by atoms with E-state index in [1.54, 1.807) is 0 Å². The van der Waals surface area contributed by atoms with Crippen molar-refractivity contribution >= 4 is 17.7 Å². The molecule has 1 aliphatic heterocycles. The molecule has 2 fully saturated rings. The number of hydrogen-bond donors (Lipinski definition) is 1. The summed E-state index contributed by atoms with van der Waals surface area (Å²) in [6.07, 6.45) is 9.05. The Morgan fingerprint density at radius 3 is 2.78 bits per heavy atom. The standard InChI is InChI=1S/C14H27N3S/c1-3-15-13(16-9-5-11-18-2)17-10-8-14(12-17)6-4-7-14/h3-12H2,1-2H3,(H,15,16). The van der Waals surface area contributed by atoms with Crippen LogP contribution in [-0.2, 0) is 0 Å². The molecule has 104 valence electrons. The van der Waals surface area contributed by atoms with Crippen LogP contribution >= 0.6 is 11.8 Å². The van der Waals surface area contributed by atoms with E-state index in [-0.39, 0.29) is 0 Å². The normalized spacial score (nSPS) is 22.3. The summed E-state index contributed by atoms with van der Waals surface area (Å²) in [5.74, 6) is 2.37. The minimum atomic E-state index is 0.662. The van der Waals surface area contributed by atoms with Crippen molar-refractivity contribution in [2.45, 2.75) is 39.0 Å². The molecule has 0 aromatic carbocycles. The number of aliphatic imine (C=N–C) groups is 1. The molecule has 3 nitrogen and oxygen atoms in total. The lowest BCUT2D eigenvalue weighted by Gasteiger charge is -2.38. The first-order valence-corrected chi connectivity index (χ1v) is 8.71. The van der Waals surface area contributed by atoms with E-state index in [0.29, 0.717) is 5.41 Å². The third-order valence-corrected chi connectivity index (χ3v) is 4.95. The van der Waals surface area contributed by atoms with Crippen molar-refractivity contribution in [3.63, 3.8) is 0 Å². The summed E-state index contributed by atoms with van der Waals surface area (Å²) in [7, 11) is 0. The molecule has 1 saturated heterocycles. The van der Waals surface area contributed by atoms with E-state index in [9.17, 15) is 0 Å². The maximum atomic E-state index is 4.78. The first-order valence-electron chi connectivity index (χ1n) is 7.32. The van der Waals surface area contributed by atoms with Crippen molar-refractivity contribution < 1.29 is 0 Å². The van der Waals surface area contributed by atoms with Crippen molar-refractivity contribution in [2.75, 3.05) is 38.2 Å². The Bertz CT molecular complexity index is 287. The van der Waals surface area contributed by atoms with Crippen LogP contribution in [0.1, 0.15) is 39.0 Å². The summed E-state index contributed by atoms with van der Waals surface area (Å²) in [6, 6.07) is 0. The van der Waals surface area contributed by atoms with Crippen LogP contribution in [0.25, 0.3) is 0 Å². The molecule has 0 aromatic rings. The van der Waals surface area contributed by atoms with Gasteiger partial charge in [0.1, 0.15) is 0 Å². The summed E-state index contributed by atoms with van der Waals surface area (Å²) >= 11 is 1.91. The molecular weight excluding hydrogens is 242 g/mol. The Morgan fingerprint density at radius 1 is 1.39 bits per heavy atom. The van der Waals surface area contributed by atoms with Crippen LogP contribution < -0.4 is 5.32 Å². The van der Waals surface area contributed by atoms with Crippen LogP contribution in [0.5, 0.6) is 0 Å². The van der Waals surface area contributed by atoms with Gasteiger partial charge in [-0.2, -0.15) is 11.8 Å². The van der Waals surface area contributed by atoms with E-state index < -0.39 is 0 Å². The molecule has 0 aromatic heterocycles. The van der Waals surface area contributed by atoms with Gasteiger partial charge in [0.05, 0.1) is 0 Å². The van der Waals surface area contributed by atoms with Gasteiger partial charge in [-0.05, 0) is 50.0 Å². The highest BCUT2D eigenvalue weighted by Gasteiger charge is 2.43. The number of hydrogen-bond acceptors (Lipinski definition) is 2. The minimum absolute atomic E-state index is 0.662. The van der Waals surface area contributed by atoms with E-state index in [1.165, 1.54) is 50.9 Å². The number of likely N-dealkylation sites (tertiary alicyclic amines) is 1. The first kappa shape index (κ1) is 14.0. The highest BCUT2D eigenvalue weighted by atomic mass is 32.2. The first-order chi connectivity index (χ1) is 8.79. The van der Waals surface area contributed by atoms with E-state index in [4.69, 9.17) is 4.99 Å². The summed E-state index contributed by atoms with van der Waals surface area (Å²) < 4.78 is 0. The molecule has 1 spiro atoms. The Hall–Kier alpha value is -0.380. The average molecular weight is 269 g/mol. The molecule has 1 heterocycles. The van der Waals surface area contributed by atoms with Crippen LogP contribution in [0.15, 0.2) is 4.99 Å². The van der Waals surface area contributed by atoms with Gasteiger partial charge < -0.3 is 10.2 Å². The van der Waals surface area contributed by atoms with E-state index in [0.717, 1.165) is 19.0 Å². The fourth-order valence-corrected chi connectivity index (χ4v) is 3.44. The number of thioether (sulfide) groups is 1. The fraction of sp³-hybridized carbons (Fsp3) is 0.929. The molecule has 4 heteroatoms. The zero-order chi connectivity index (χ0) is 12.8. The molecule has 2 aliphatic rings. The summed E-state index contributed by atoms with van der Waals surface area (Å²) in [5.41, 5.74) is 0.662. The molecule has 0 amide bonds. The molecule has 0 unspecified atom stereocenters. The predicted molar refractivity (Wildman–Crippen MR) is 81.5 cm³/mol. The molecule has 0 bridgehead atoms. The Balaban J connectivity index is 1.85. The third-order valence-electron chi connectivity index (χ3n) is 4.26. The molecular formula is C14H27N3S. The monoisotopic (exact) mass is 269 g/mol. The Morgan fingerprint density at radius 2 is 2.22 bits per heavy atom. The van der Waals surface area contributed by atoms with Crippen molar-refractivity contribution in [2.24, 2.45) is 10.4 Å².